The van der Waals surface area contributed by atoms with E-state index in [1.165, 1.54) is 6.92 Å². The molecule has 0 aliphatic carbocycles. The van der Waals surface area contributed by atoms with Crippen LogP contribution in [-0.2, 0) is 4.79 Å². The second-order valence-corrected chi connectivity index (χ2v) is 4.50. The van der Waals surface area contributed by atoms with Gasteiger partial charge in [-0.05, 0) is 47.2 Å². The number of carbonyl (C=O) groups excluding carboxylic acids is 1. The van der Waals surface area contributed by atoms with Crippen LogP contribution in [0.25, 0.3) is 0 Å². The number of carbonyl (C=O) groups is 1. The lowest BCUT2D eigenvalue weighted by Crippen LogP contribution is -2.04. The number of nitriles is 1. The number of benzene rings is 1. The van der Waals surface area contributed by atoms with Crippen LogP contribution in [0.2, 0.25) is 0 Å². The first-order chi connectivity index (χ1) is 6.56. The van der Waals surface area contributed by atoms with Gasteiger partial charge in [0.1, 0.15) is 5.38 Å². The molecule has 72 valence electrons. The molecule has 4 heteroatoms. The second kappa shape index (κ2) is 4.76. The molecule has 2 nitrogen and oxygen atoms in total. The molecule has 0 aromatic heterocycles. The van der Waals surface area contributed by atoms with Gasteiger partial charge in [0.15, 0.2) is 5.78 Å². The number of halogens is 2. The first-order valence-corrected chi connectivity index (χ1v) is 5.42. The molecule has 0 bridgehead atoms. The van der Waals surface area contributed by atoms with Crippen LogP contribution in [-0.4, -0.2) is 5.78 Å². The Hall–Kier alpha value is -0.600. The molecule has 0 radical (unpaired) electrons. The maximum atomic E-state index is 11.1. The fraction of sp³-hybridized carbons (Fsp3) is 0.200. The largest absolute Gasteiger partial charge is 0.298 e. The van der Waals surface area contributed by atoms with E-state index in [9.17, 15) is 4.79 Å². The molecule has 1 atom stereocenters. The molecule has 1 aromatic carbocycles. The van der Waals surface area contributed by atoms with E-state index in [1.54, 1.807) is 12.1 Å². The zero-order valence-electron chi connectivity index (χ0n) is 7.42. The van der Waals surface area contributed by atoms with Crippen LogP contribution in [0.3, 0.4) is 0 Å². The number of alkyl halides is 1. The molecule has 1 aromatic rings. The smallest absolute Gasteiger partial charge is 0.152 e. The van der Waals surface area contributed by atoms with Crippen molar-refractivity contribution < 1.29 is 4.79 Å². The Labute approximate surface area is 101 Å². The van der Waals surface area contributed by atoms with Crippen LogP contribution in [0.4, 0.5) is 0 Å². The summed E-state index contributed by atoms with van der Waals surface area (Å²) in [5.74, 6) is -0.149. The average molecular weight is 320 g/mol. The molecule has 0 spiro atoms. The third-order valence-corrected chi connectivity index (χ3v) is 2.98. The predicted octanol–water partition coefficient (Wildman–Crippen LogP) is 3.03. The summed E-state index contributed by atoms with van der Waals surface area (Å²) < 4.78 is 0.954. The lowest BCUT2D eigenvalue weighted by atomic mass is 10.0. The Kier molecular flexibility index (Phi) is 3.90. The fourth-order valence-corrected chi connectivity index (χ4v) is 1.75. The normalized spacial score (nSPS) is 11.9. The molecule has 0 heterocycles. The summed E-state index contributed by atoms with van der Waals surface area (Å²) in [6.45, 7) is 1.41. The van der Waals surface area contributed by atoms with Gasteiger partial charge in [-0.2, -0.15) is 5.26 Å². The zero-order chi connectivity index (χ0) is 10.7. The first kappa shape index (κ1) is 11.5. The van der Waals surface area contributed by atoms with Crippen molar-refractivity contribution in [3.8, 4) is 6.07 Å². The van der Waals surface area contributed by atoms with Crippen molar-refractivity contribution in [3.05, 3.63) is 32.9 Å². The Morgan fingerprint density at radius 1 is 1.64 bits per heavy atom. The van der Waals surface area contributed by atoms with Crippen molar-refractivity contribution in [2.24, 2.45) is 0 Å². The van der Waals surface area contributed by atoms with Crippen molar-refractivity contribution in [2.75, 3.05) is 0 Å². The van der Waals surface area contributed by atoms with Gasteiger partial charge >= 0.3 is 0 Å². The molecular weight excluding hydrogens is 312 g/mol. The Morgan fingerprint density at radius 2 is 2.29 bits per heavy atom. The van der Waals surface area contributed by atoms with Crippen LogP contribution >= 0.6 is 34.2 Å². The quantitative estimate of drug-likeness (QED) is 0.621. The van der Waals surface area contributed by atoms with Crippen LogP contribution < -0.4 is 0 Å². The van der Waals surface area contributed by atoms with Crippen molar-refractivity contribution in [1.29, 1.82) is 5.26 Å². The summed E-state index contributed by atoms with van der Waals surface area (Å²) in [6, 6.07) is 7.30. The second-order valence-electron chi connectivity index (χ2n) is 2.82. The van der Waals surface area contributed by atoms with Crippen LogP contribution in [0, 0.1) is 14.9 Å². The molecule has 1 unspecified atom stereocenters. The van der Waals surface area contributed by atoms with E-state index in [2.05, 4.69) is 22.6 Å². The van der Waals surface area contributed by atoms with E-state index in [0.717, 1.165) is 3.57 Å². The monoisotopic (exact) mass is 319 g/mol. The number of hydrogen-bond acceptors (Lipinski definition) is 2. The molecule has 0 saturated heterocycles. The summed E-state index contributed by atoms with van der Waals surface area (Å²) in [5.41, 5.74) is 1.05. The molecular formula is C10H7ClINO. The summed E-state index contributed by atoms with van der Waals surface area (Å²) >= 11 is 7.98. The standard InChI is InChI=1S/C10H7ClINO/c1-6(14)10(11)9-3-2-8(12)4-7(9)5-13/h2-4,10H,1H3. The highest BCUT2D eigenvalue weighted by Gasteiger charge is 2.16. The number of ketones is 1. The number of Topliss-reactive ketones (excluding diaryl/α,β-unsaturated/α-hetero) is 1. The van der Waals surface area contributed by atoms with Crippen molar-refractivity contribution in [2.45, 2.75) is 12.3 Å². The Balaban J connectivity index is 3.22. The molecule has 0 saturated carbocycles. The molecule has 1 rings (SSSR count). The molecule has 14 heavy (non-hydrogen) atoms. The highest BCUT2D eigenvalue weighted by atomic mass is 127. The van der Waals surface area contributed by atoms with Gasteiger partial charge in [-0.1, -0.05) is 6.07 Å². The maximum Gasteiger partial charge on any atom is 0.152 e. The van der Waals surface area contributed by atoms with Gasteiger partial charge in [0.05, 0.1) is 11.6 Å². The number of rotatable bonds is 2. The average Bonchev–Trinajstić information content (AvgIpc) is 2.16. The lowest BCUT2D eigenvalue weighted by molar-refractivity contribution is -0.116. The predicted molar refractivity (Wildman–Crippen MR) is 63.1 cm³/mol. The van der Waals surface area contributed by atoms with Gasteiger partial charge in [-0.15, -0.1) is 11.6 Å². The molecule has 0 fully saturated rings. The van der Waals surface area contributed by atoms with Gasteiger partial charge in [-0.25, -0.2) is 0 Å². The summed E-state index contributed by atoms with van der Waals surface area (Å²) in [4.78, 5) is 11.1. The summed E-state index contributed by atoms with van der Waals surface area (Å²) in [6.07, 6.45) is 0. The lowest BCUT2D eigenvalue weighted by Gasteiger charge is -2.07. The maximum absolute atomic E-state index is 11.1. The molecule has 0 amide bonds. The van der Waals surface area contributed by atoms with Crippen molar-refractivity contribution in [3.63, 3.8) is 0 Å². The highest BCUT2D eigenvalue weighted by molar-refractivity contribution is 14.1. The Bertz CT molecular complexity index is 411. The topological polar surface area (TPSA) is 40.9 Å². The number of hydrogen-bond donors (Lipinski definition) is 0. The number of nitrogens with zero attached hydrogens (tertiary/aromatic N) is 1. The molecule has 0 aliphatic rings. The minimum absolute atomic E-state index is 0.149. The Morgan fingerprint density at radius 3 is 2.79 bits per heavy atom. The summed E-state index contributed by atoms with van der Waals surface area (Å²) in [7, 11) is 0. The zero-order valence-corrected chi connectivity index (χ0v) is 10.3. The van der Waals surface area contributed by atoms with Crippen LogP contribution in [0.1, 0.15) is 23.4 Å². The van der Waals surface area contributed by atoms with Crippen molar-refractivity contribution in [1.82, 2.24) is 0 Å². The third kappa shape index (κ3) is 2.46. The van der Waals surface area contributed by atoms with E-state index in [0.29, 0.717) is 11.1 Å². The van der Waals surface area contributed by atoms with E-state index in [1.807, 2.05) is 12.1 Å². The molecule has 0 aliphatic heterocycles. The first-order valence-electron chi connectivity index (χ1n) is 3.90. The minimum Gasteiger partial charge on any atom is -0.298 e. The molecule has 0 N–H and O–H groups in total. The van der Waals surface area contributed by atoms with Gasteiger partial charge in [-0.3, -0.25) is 4.79 Å². The van der Waals surface area contributed by atoms with Gasteiger partial charge in [0.2, 0.25) is 0 Å². The fourth-order valence-electron chi connectivity index (χ4n) is 1.07. The van der Waals surface area contributed by atoms with Crippen molar-refractivity contribution >= 4 is 40.0 Å². The highest BCUT2D eigenvalue weighted by Crippen LogP contribution is 2.25. The van der Waals surface area contributed by atoms with Gasteiger partial charge in [0.25, 0.3) is 0 Å². The van der Waals surface area contributed by atoms with Crippen LogP contribution in [0.15, 0.2) is 18.2 Å². The van der Waals surface area contributed by atoms with E-state index >= 15 is 0 Å². The third-order valence-electron chi connectivity index (χ3n) is 1.77. The summed E-state index contributed by atoms with van der Waals surface area (Å²) in [5, 5.41) is 8.13. The van der Waals surface area contributed by atoms with Gasteiger partial charge in [0, 0.05) is 3.57 Å². The van der Waals surface area contributed by atoms with E-state index in [4.69, 9.17) is 16.9 Å². The SMILES string of the molecule is CC(=O)C(Cl)c1ccc(I)cc1C#N. The minimum atomic E-state index is -0.721. The van der Waals surface area contributed by atoms with E-state index < -0.39 is 5.38 Å². The van der Waals surface area contributed by atoms with E-state index in [-0.39, 0.29) is 5.78 Å². The van der Waals surface area contributed by atoms with Gasteiger partial charge < -0.3 is 0 Å². The van der Waals surface area contributed by atoms with Crippen LogP contribution in [0.5, 0.6) is 0 Å².